The second-order valence-corrected chi connectivity index (χ2v) is 5.79. The van der Waals surface area contributed by atoms with Gasteiger partial charge in [0, 0.05) is 50.8 Å². The molecular formula is C16H20ClF2N5O. The van der Waals surface area contributed by atoms with Gasteiger partial charge in [0.05, 0.1) is 12.6 Å². The van der Waals surface area contributed by atoms with E-state index >= 15 is 0 Å². The summed E-state index contributed by atoms with van der Waals surface area (Å²) in [6.45, 7) is 2.26. The van der Waals surface area contributed by atoms with Crippen molar-refractivity contribution in [3.05, 3.63) is 48.1 Å². The lowest BCUT2D eigenvalue weighted by Gasteiger charge is -2.35. The number of rotatable bonds is 4. The summed E-state index contributed by atoms with van der Waals surface area (Å²) in [5, 5.41) is 5.84. The molecule has 0 bridgehead atoms. The van der Waals surface area contributed by atoms with E-state index in [2.05, 4.69) is 15.6 Å². The molecule has 1 aliphatic rings. The number of imidazole rings is 1. The first-order valence-electron chi connectivity index (χ1n) is 7.71. The highest BCUT2D eigenvalue weighted by Crippen LogP contribution is 2.20. The molecule has 1 atom stereocenters. The van der Waals surface area contributed by atoms with Crippen molar-refractivity contribution in [3.63, 3.8) is 0 Å². The summed E-state index contributed by atoms with van der Waals surface area (Å²) in [5.74, 6) is -0.898. The van der Waals surface area contributed by atoms with Crippen LogP contribution in [0.1, 0.15) is 11.9 Å². The molecule has 1 aromatic heterocycles. The molecule has 1 aliphatic heterocycles. The highest BCUT2D eigenvalue weighted by atomic mass is 35.5. The molecule has 0 saturated carbocycles. The first-order valence-corrected chi connectivity index (χ1v) is 7.71. The number of nitrogens with zero attached hydrogens (tertiary/aromatic N) is 3. The van der Waals surface area contributed by atoms with Gasteiger partial charge in [-0.15, -0.1) is 12.4 Å². The number of aromatic nitrogens is 2. The molecule has 0 radical (unpaired) electrons. The summed E-state index contributed by atoms with van der Waals surface area (Å²) in [5.41, 5.74) is 0.112. The standard InChI is InChI=1S/C16H19F2N5O.ClH/c1-22-4-3-20-16(22)14-9-19-2-5-23(14)10-15(24)21-13-7-11(17)6-12(18)8-13;/h3-4,6-8,14,19H,2,5,9-10H2,1H3,(H,21,24);1H. The Morgan fingerprint density at radius 2 is 2.08 bits per heavy atom. The Morgan fingerprint density at radius 3 is 2.72 bits per heavy atom. The number of piperazine rings is 1. The van der Waals surface area contributed by atoms with Gasteiger partial charge in [0.25, 0.3) is 0 Å². The molecular weight excluding hydrogens is 352 g/mol. The van der Waals surface area contributed by atoms with Crippen LogP contribution < -0.4 is 10.6 Å². The average molecular weight is 372 g/mol. The zero-order chi connectivity index (χ0) is 17.1. The topological polar surface area (TPSA) is 62.2 Å². The molecule has 25 heavy (non-hydrogen) atoms. The van der Waals surface area contributed by atoms with E-state index in [0.29, 0.717) is 13.1 Å². The normalized spacial score (nSPS) is 17.8. The fourth-order valence-electron chi connectivity index (χ4n) is 2.90. The summed E-state index contributed by atoms with van der Waals surface area (Å²) in [7, 11) is 1.91. The van der Waals surface area contributed by atoms with Crippen LogP contribution in [-0.2, 0) is 11.8 Å². The third-order valence-electron chi connectivity index (χ3n) is 4.00. The number of nitrogens with one attached hydrogen (secondary N) is 2. The molecule has 1 saturated heterocycles. The molecule has 2 heterocycles. The van der Waals surface area contributed by atoms with Gasteiger partial charge in [-0.25, -0.2) is 13.8 Å². The smallest absolute Gasteiger partial charge is 0.238 e. The second-order valence-electron chi connectivity index (χ2n) is 5.79. The fourth-order valence-corrected chi connectivity index (χ4v) is 2.90. The van der Waals surface area contributed by atoms with Gasteiger partial charge in [0.2, 0.25) is 5.91 Å². The van der Waals surface area contributed by atoms with Crippen LogP contribution in [0.3, 0.4) is 0 Å². The van der Waals surface area contributed by atoms with E-state index in [1.165, 1.54) is 0 Å². The van der Waals surface area contributed by atoms with Crippen LogP contribution >= 0.6 is 12.4 Å². The summed E-state index contributed by atoms with van der Waals surface area (Å²) in [6.07, 6.45) is 3.58. The minimum Gasteiger partial charge on any atom is -0.337 e. The van der Waals surface area contributed by atoms with Crippen LogP contribution in [0.25, 0.3) is 0 Å². The minimum absolute atomic E-state index is 0. The third-order valence-corrected chi connectivity index (χ3v) is 4.00. The van der Waals surface area contributed by atoms with Gasteiger partial charge in [-0.2, -0.15) is 0 Å². The van der Waals surface area contributed by atoms with E-state index in [9.17, 15) is 13.6 Å². The Balaban J connectivity index is 0.00000225. The van der Waals surface area contributed by atoms with E-state index < -0.39 is 11.6 Å². The van der Waals surface area contributed by atoms with Crippen LogP contribution in [0.2, 0.25) is 0 Å². The highest BCUT2D eigenvalue weighted by molar-refractivity contribution is 5.92. The molecule has 2 aromatic rings. The Labute approximate surface area is 150 Å². The number of hydrogen-bond acceptors (Lipinski definition) is 4. The number of hydrogen-bond donors (Lipinski definition) is 2. The Kier molecular flexibility index (Phi) is 6.46. The zero-order valence-electron chi connectivity index (χ0n) is 13.7. The molecule has 0 aliphatic carbocycles. The van der Waals surface area contributed by atoms with Crippen LogP contribution in [0.4, 0.5) is 14.5 Å². The molecule has 6 nitrogen and oxygen atoms in total. The molecule has 2 N–H and O–H groups in total. The molecule has 1 amide bonds. The Hall–Kier alpha value is -2.03. The van der Waals surface area contributed by atoms with Gasteiger partial charge in [-0.05, 0) is 12.1 Å². The van der Waals surface area contributed by atoms with Gasteiger partial charge in [0.15, 0.2) is 0 Å². The van der Waals surface area contributed by atoms with Crippen molar-refractivity contribution in [1.82, 2.24) is 19.8 Å². The summed E-state index contributed by atoms with van der Waals surface area (Å²) < 4.78 is 28.3. The number of carbonyl (C=O) groups excluding carboxylic acids is 1. The van der Waals surface area contributed by atoms with Crippen LogP contribution in [0.15, 0.2) is 30.6 Å². The lowest BCUT2D eigenvalue weighted by atomic mass is 10.1. The molecule has 3 rings (SSSR count). The van der Waals surface area contributed by atoms with E-state index in [1.807, 2.05) is 22.7 Å². The molecule has 9 heteroatoms. The maximum atomic E-state index is 13.2. The van der Waals surface area contributed by atoms with E-state index in [0.717, 1.165) is 30.6 Å². The predicted molar refractivity (Wildman–Crippen MR) is 92.6 cm³/mol. The average Bonchev–Trinajstić information content (AvgIpc) is 2.92. The molecule has 136 valence electrons. The van der Waals surface area contributed by atoms with E-state index in [1.54, 1.807) is 6.20 Å². The van der Waals surface area contributed by atoms with Crippen molar-refractivity contribution in [1.29, 1.82) is 0 Å². The summed E-state index contributed by atoms with van der Waals surface area (Å²) in [6, 6.07) is 2.92. The molecule has 1 unspecified atom stereocenters. The van der Waals surface area contributed by atoms with Gasteiger partial charge >= 0.3 is 0 Å². The van der Waals surface area contributed by atoms with Crippen molar-refractivity contribution in [3.8, 4) is 0 Å². The van der Waals surface area contributed by atoms with E-state index in [-0.39, 0.29) is 36.6 Å². The maximum Gasteiger partial charge on any atom is 0.238 e. The van der Waals surface area contributed by atoms with Crippen LogP contribution in [-0.4, -0.2) is 46.5 Å². The van der Waals surface area contributed by atoms with Gasteiger partial charge in [0.1, 0.15) is 17.5 Å². The number of carbonyl (C=O) groups is 1. The molecule has 0 spiro atoms. The predicted octanol–water partition coefficient (Wildman–Crippen LogP) is 1.71. The number of benzene rings is 1. The lowest BCUT2D eigenvalue weighted by molar-refractivity contribution is -0.118. The van der Waals surface area contributed by atoms with E-state index in [4.69, 9.17) is 0 Å². The summed E-state index contributed by atoms with van der Waals surface area (Å²) >= 11 is 0. The van der Waals surface area contributed by atoms with Crippen LogP contribution in [0.5, 0.6) is 0 Å². The van der Waals surface area contributed by atoms with Gasteiger partial charge in [-0.3, -0.25) is 9.69 Å². The Bertz CT molecular complexity index is 719. The first-order chi connectivity index (χ1) is 11.5. The van der Waals surface area contributed by atoms with Crippen molar-refractivity contribution >= 4 is 24.0 Å². The SMILES string of the molecule is Cl.Cn1ccnc1C1CNCCN1CC(=O)Nc1cc(F)cc(F)c1. The number of halogens is 3. The monoisotopic (exact) mass is 371 g/mol. The highest BCUT2D eigenvalue weighted by Gasteiger charge is 2.28. The zero-order valence-corrected chi connectivity index (χ0v) is 14.5. The number of aryl methyl sites for hydroxylation is 1. The van der Waals surface area contributed by atoms with Crippen molar-refractivity contribution in [2.24, 2.45) is 7.05 Å². The lowest BCUT2D eigenvalue weighted by Crippen LogP contribution is -2.49. The Morgan fingerprint density at radius 1 is 1.36 bits per heavy atom. The fraction of sp³-hybridized carbons (Fsp3) is 0.375. The largest absolute Gasteiger partial charge is 0.337 e. The third kappa shape index (κ3) is 4.75. The van der Waals surface area contributed by atoms with Crippen molar-refractivity contribution in [2.45, 2.75) is 6.04 Å². The second kappa shape index (κ2) is 8.37. The van der Waals surface area contributed by atoms with Crippen LogP contribution in [0, 0.1) is 11.6 Å². The summed E-state index contributed by atoms with van der Waals surface area (Å²) in [4.78, 5) is 18.6. The maximum absolute atomic E-state index is 13.2. The van der Waals surface area contributed by atoms with Crippen molar-refractivity contribution in [2.75, 3.05) is 31.5 Å². The quantitative estimate of drug-likeness (QED) is 0.859. The number of amides is 1. The minimum atomic E-state index is -0.724. The number of anilines is 1. The van der Waals surface area contributed by atoms with Gasteiger partial charge in [-0.1, -0.05) is 0 Å². The molecule has 1 fully saturated rings. The van der Waals surface area contributed by atoms with Gasteiger partial charge < -0.3 is 15.2 Å². The van der Waals surface area contributed by atoms with Crippen molar-refractivity contribution < 1.29 is 13.6 Å². The first kappa shape index (κ1) is 19.3. The molecule has 1 aromatic carbocycles.